The molecule has 0 spiro atoms. The molecule has 0 radical (unpaired) electrons. The molecular formula is C16H17F2NO2S. The van der Waals surface area contributed by atoms with Crippen LogP contribution >= 0.6 is 0 Å². The summed E-state index contributed by atoms with van der Waals surface area (Å²) in [5, 5.41) is 0. The first kappa shape index (κ1) is 16.6. The van der Waals surface area contributed by atoms with E-state index in [9.17, 15) is 17.2 Å². The van der Waals surface area contributed by atoms with Gasteiger partial charge in [-0.3, -0.25) is 0 Å². The minimum atomic E-state index is -3.72. The molecule has 0 aliphatic carbocycles. The second kappa shape index (κ2) is 6.54. The number of hydrogen-bond acceptors (Lipinski definition) is 2. The molecule has 1 atom stereocenters. The molecule has 1 N–H and O–H groups in total. The predicted molar refractivity (Wildman–Crippen MR) is 80.9 cm³/mol. The average Bonchev–Trinajstić information content (AvgIpc) is 2.49. The summed E-state index contributed by atoms with van der Waals surface area (Å²) in [6.45, 7) is 3.55. The number of rotatable bonds is 5. The van der Waals surface area contributed by atoms with Gasteiger partial charge in [-0.2, -0.15) is 0 Å². The van der Waals surface area contributed by atoms with Gasteiger partial charge in [0.05, 0.1) is 4.90 Å². The van der Waals surface area contributed by atoms with E-state index in [1.165, 1.54) is 18.2 Å². The molecule has 3 nitrogen and oxygen atoms in total. The summed E-state index contributed by atoms with van der Waals surface area (Å²) in [5.74, 6) is -1.97. The Morgan fingerprint density at radius 2 is 1.68 bits per heavy atom. The molecule has 6 heteroatoms. The van der Waals surface area contributed by atoms with Gasteiger partial charge >= 0.3 is 0 Å². The Bertz CT molecular complexity index is 758. The lowest BCUT2D eigenvalue weighted by Gasteiger charge is -2.15. The van der Waals surface area contributed by atoms with Gasteiger partial charge in [0.2, 0.25) is 10.0 Å². The van der Waals surface area contributed by atoms with E-state index in [2.05, 4.69) is 4.72 Å². The lowest BCUT2D eigenvalue weighted by molar-refractivity contribution is 0.504. The Labute approximate surface area is 129 Å². The number of halogens is 2. The SMILES string of the molecule is CCc1ccc(S(=O)(=O)NC(C)c2ccc(F)c(F)c2)cc1. The maximum atomic E-state index is 13.2. The third kappa shape index (κ3) is 3.69. The molecule has 2 rings (SSSR count). The van der Waals surface area contributed by atoms with Crippen molar-refractivity contribution < 1.29 is 17.2 Å². The van der Waals surface area contributed by atoms with Crippen LogP contribution in [-0.2, 0) is 16.4 Å². The lowest BCUT2D eigenvalue weighted by Crippen LogP contribution is -2.27. The largest absolute Gasteiger partial charge is 0.241 e. The Morgan fingerprint density at radius 1 is 1.05 bits per heavy atom. The Balaban J connectivity index is 2.21. The van der Waals surface area contributed by atoms with Crippen molar-refractivity contribution in [3.63, 3.8) is 0 Å². The molecule has 0 saturated heterocycles. The van der Waals surface area contributed by atoms with E-state index in [1.54, 1.807) is 19.1 Å². The summed E-state index contributed by atoms with van der Waals surface area (Å²) < 4.78 is 53.2. The standard InChI is InChI=1S/C16H17F2NO2S/c1-3-12-4-7-14(8-5-12)22(20,21)19-11(2)13-6-9-15(17)16(18)10-13/h4-11,19H,3H2,1-2H3. The van der Waals surface area contributed by atoms with Crippen LogP contribution in [0.4, 0.5) is 8.78 Å². The number of benzene rings is 2. The first-order valence-electron chi connectivity index (χ1n) is 6.89. The van der Waals surface area contributed by atoms with Gasteiger partial charge < -0.3 is 0 Å². The van der Waals surface area contributed by atoms with E-state index < -0.39 is 27.7 Å². The van der Waals surface area contributed by atoms with Crippen LogP contribution in [0.5, 0.6) is 0 Å². The summed E-state index contributed by atoms with van der Waals surface area (Å²) in [4.78, 5) is 0.138. The fraction of sp³-hybridized carbons (Fsp3) is 0.250. The summed E-state index contributed by atoms with van der Waals surface area (Å²) >= 11 is 0. The van der Waals surface area contributed by atoms with Crippen molar-refractivity contribution in [2.45, 2.75) is 31.2 Å². The van der Waals surface area contributed by atoms with Gasteiger partial charge in [-0.05, 0) is 48.7 Å². The molecule has 0 aliphatic rings. The van der Waals surface area contributed by atoms with Crippen LogP contribution < -0.4 is 4.72 Å². The average molecular weight is 325 g/mol. The quantitative estimate of drug-likeness (QED) is 0.913. The second-order valence-electron chi connectivity index (χ2n) is 5.01. The summed E-state index contributed by atoms with van der Waals surface area (Å²) in [7, 11) is -3.72. The highest BCUT2D eigenvalue weighted by atomic mass is 32.2. The highest BCUT2D eigenvalue weighted by Gasteiger charge is 2.19. The van der Waals surface area contributed by atoms with Crippen LogP contribution in [-0.4, -0.2) is 8.42 Å². The van der Waals surface area contributed by atoms with Crippen LogP contribution in [0.2, 0.25) is 0 Å². The van der Waals surface area contributed by atoms with E-state index in [4.69, 9.17) is 0 Å². The molecule has 0 aromatic heterocycles. The molecule has 0 bridgehead atoms. The van der Waals surface area contributed by atoms with Gasteiger partial charge in [-0.15, -0.1) is 0 Å². The van der Waals surface area contributed by atoms with Gasteiger partial charge in [0.25, 0.3) is 0 Å². The third-order valence-corrected chi connectivity index (χ3v) is 4.97. The Kier molecular flexibility index (Phi) is 4.93. The van der Waals surface area contributed by atoms with Crippen molar-refractivity contribution in [3.8, 4) is 0 Å². The summed E-state index contributed by atoms with van der Waals surface area (Å²) in [6, 6.07) is 9.19. The predicted octanol–water partition coefficient (Wildman–Crippen LogP) is 3.57. The topological polar surface area (TPSA) is 46.2 Å². The lowest BCUT2D eigenvalue weighted by atomic mass is 10.1. The van der Waals surface area contributed by atoms with Crippen LogP contribution in [0.1, 0.15) is 31.0 Å². The van der Waals surface area contributed by atoms with Crippen LogP contribution in [0.25, 0.3) is 0 Å². The van der Waals surface area contributed by atoms with E-state index in [0.717, 1.165) is 24.1 Å². The molecule has 0 aliphatic heterocycles. The fourth-order valence-electron chi connectivity index (χ4n) is 2.05. The number of sulfonamides is 1. The minimum absolute atomic E-state index is 0.138. The Hall–Kier alpha value is -1.79. The molecule has 2 aromatic carbocycles. The van der Waals surface area contributed by atoms with Crippen LogP contribution in [0.3, 0.4) is 0 Å². The van der Waals surface area contributed by atoms with Crippen molar-refractivity contribution >= 4 is 10.0 Å². The number of aryl methyl sites for hydroxylation is 1. The fourth-order valence-corrected chi connectivity index (χ4v) is 3.29. The molecule has 0 amide bonds. The zero-order valence-corrected chi connectivity index (χ0v) is 13.1. The van der Waals surface area contributed by atoms with Crippen molar-refractivity contribution in [3.05, 3.63) is 65.2 Å². The van der Waals surface area contributed by atoms with Crippen LogP contribution in [0.15, 0.2) is 47.4 Å². The molecular weight excluding hydrogens is 308 g/mol. The third-order valence-electron chi connectivity index (χ3n) is 3.42. The maximum absolute atomic E-state index is 13.2. The van der Waals surface area contributed by atoms with Crippen molar-refractivity contribution in [1.29, 1.82) is 0 Å². The highest BCUT2D eigenvalue weighted by molar-refractivity contribution is 7.89. The van der Waals surface area contributed by atoms with E-state index in [1.807, 2.05) is 6.92 Å². The van der Waals surface area contributed by atoms with Gasteiger partial charge in [-0.25, -0.2) is 21.9 Å². The molecule has 0 heterocycles. The van der Waals surface area contributed by atoms with Crippen molar-refractivity contribution in [2.24, 2.45) is 0 Å². The molecule has 0 saturated carbocycles. The molecule has 118 valence electrons. The first-order chi connectivity index (χ1) is 10.3. The van der Waals surface area contributed by atoms with Gasteiger partial charge in [0.1, 0.15) is 0 Å². The van der Waals surface area contributed by atoms with Gasteiger partial charge in [-0.1, -0.05) is 25.1 Å². The molecule has 0 fully saturated rings. The minimum Gasteiger partial charge on any atom is -0.207 e. The van der Waals surface area contributed by atoms with Crippen LogP contribution in [0, 0.1) is 11.6 Å². The van der Waals surface area contributed by atoms with Gasteiger partial charge in [0.15, 0.2) is 11.6 Å². The van der Waals surface area contributed by atoms with E-state index >= 15 is 0 Å². The smallest absolute Gasteiger partial charge is 0.207 e. The van der Waals surface area contributed by atoms with E-state index in [0.29, 0.717) is 5.56 Å². The zero-order chi connectivity index (χ0) is 16.3. The molecule has 1 unspecified atom stereocenters. The maximum Gasteiger partial charge on any atom is 0.241 e. The number of hydrogen-bond donors (Lipinski definition) is 1. The second-order valence-corrected chi connectivity index (χ2v) is 6.73. The molecule has 2 aromatic rings. The summed E-state index contributed by atoms with van der Waals surface area (Å²) in [5.41, 5.74) is 1.39. The van der Waals surface area contributed by atoms with Gasteiger partial charge in [0, 0.05) is 6.04 Å². The first-order valence-corrected chi connectivity index (χ1v) is 8.38. The Morgan fingerprint density at radius 3 is 2.23 bits per heavy atom. The monoisotopic (exact) mass is 325 g/mol. The van der Waals surface area contributed by atoms with Crippen molar-refractivity contribution in [1.82, 2.24) is 4.72 Å². The number of nitrogens with one attached hydrogen (secondary N) is 1. The zero-order valence-electron chi connectivity index (χ0n) is 12.3. The van der Waals surface area contributed by atoms with E-state index in [-0.39, 0.29) is 4.90 Å². The summed E-state index contributed by atoms with van der Waals surface area (Å²) in [6.07, 6.45) is 0.818. The molecule has 22 heavy (non-hydrogen) atoms. The normalized spacial score (nSPS) is 13.1. The van der Waals surface area contributed by atoms with Crippen molar-refractivity contribution in [2.75, 3.05) is 0 Å². The highest BCUT2D eigenvalue weighted by Crippen LogP contribution is 2.19.